The zero-order valence-corrected chi connectivity index (χ0v) is 43.1. The van der Waals surface area contributed by atoms with Crippen molar-refractivity contribution < 1.29 is 80.9 Å². The van der Waals surface area contributed by atoms with Gasteiger partial charge >= 0.3 is 0 Å². The quantitative estimate of drug-likeness (QED) is 0.0748. The zero-order valence-electron chi connectivity index (χ0n) is 43.1. The molecule has 0 aromatic heterocycles. The topological polar surface area (TPSA) is 180 Å². The Balaban J connectivity index is 3.07. The van der Waals surface area contributed by atoms with E-state index in [1.165, 1.54) is 89.9 Å². The van der Waals surface area contributed by atoms with Crippen molar-refractivity contribution in [3.63, 3.8) is 0 Å². The summed E-state index contributed by atoms with van der Waals surface area (Å²) in [6.07, 6.45) is 19.5. The maximum atomic E-state index is 8.61. The van der Waals surface area contributed by atoms with Gasteiger partial charge in [0.1, 0.15) is 0 Å². The Hall–Kier alpha value is -0.720. The number of hydrogen-bond donors (Lipinski definition) is 2. The highest BCUT2D eigenvalue weighted by atomic mass is 16.6. The van der Waals surface area contributed by atoms with Crippen LogP contribution in [0.15, 0.2) is 0 Å². The van der Waals surface area contributed by atoms with Crippen molar-refractivity contribution in [2.24, 2.45) is 0 Å². The Morgan fingerprint density at radius 2 is 0.382 bits per heavy atom. The van der Waals surface area contributed by atoms with Crippen LogP contribution in [0, 0.1) is 0 Å². The van der Waals surface area contributed by atoms with Crippen LogP contribution in [0.1, 0.15) is 96.8 Å². The first-order valence-electron chi connectivity index (χ1n) is 26.5. The SMILES string of the molecule is CCCCCCCCCCCCCCCCNCCOCCOCCOCCOCCOCCOCCOCCOCCOCCOCCOCCOCCOCCOCCOCCOCCO. The van der Waals surface area contributed by atoms with Crippen molar-refractivity contribution in [1.82, 2.24) is 5.32 Å². The molecule has 0 rings (SSSR count). The molecular formula is C50H103NO17. The summed E-state index contributed by atoms with van der Waals surface area (Å²) in [5.74, 6) is 0. The third kappa shape index (κ3) is 65.3. The molecule has 0 aliphatic rings. The number of aliphatic hydroxyl groups excluding tert-OH is 1. The molecule has 0 fully saturated rings. The van der Waals surface area contributed by atoms with Gasteiger partial charge in [0.25, 0.3) is 0 Å². The molecule has 0 saturated heterocycles. The minimum Gasteiger partial charge on any atom is -0.394 e. The number of ether oxygens (including phenoxy) is 16. The summed E-state index contributed by atoms with van der Waals surface area (Å²) in [5.41, 5.74) is 0. The summed E-state index contributed by atoms with van der Waals surface area (Å²) >= 11 is 0. The van der Waals surface area contributed by atoms with E-state index in [1.807, 2.05) is 0 Å². The largest absolute Gasteiger partial charge is 0.394 e. The van der Waals surface area contributed by atoms with Gasteiger partial charge in [0, 0.05) is 6.54 Å². The maximum absolute atomic E-state index is 8.61. The third-order valence-electron chi connectivity index (χ3n) is 9.95. The molecular weight excluding hydrogens is 887 g/mol. The summed E-state index contributed by atoms with van der Waals surface area (Å²) in [5, 5.41) is 12.1. The van der Waals surface area contributed by atoms with Crippen molar-refractivity contribution in [2.45, 2.75) is 96.8 Å². The Kier molecular flexibility index (Phi) is 65.6. The molecule has 18 heteroatoms. The van der Waals surface area contributed by atoms with Crippen LogP contribution in [0.4, 0.5) is 0 Å². The summed E-state index contributed by atoms with van der Waals surface area (Å²) in [6.45, 7) is 20.7. The van der Waals surface area contributed by atoms with Gasteiger partial charge in [-0.1, -0.05) is 90.4 Å². The molecule has 0 aromatic rings. The second kappa shape index (κ2) is 66.3. The van der Waals surface area contributed by atoms with Crippen LogP contribution in [-0.4, -0.2) is 236 Å². The highest BCUT2D eigenvalue weighted by Crippen LogP contribution is 2.12. The molecule has 0 saturated carbocycles. The monoisotopic (exact) mass is 990 g/mol. The van der Waals surface area contributed by atoms with Gasteiger partial charge in [-0.2, -0.15) is 0 Å². The van der Waals surface area contributed by atoms with Crippen LogP contribution in [0.25, 0.3) is 0 Å². The summed E-state index contributed by atoms with van der Waals surface area (Å²) < 4.78 is 87.7. The lowest BCUT2D eigenvalue weighted by Gasteiger charge is -2.09. The van der Waals surface area contributed by atoms with Crippen molar-refractivity contribution in [3.8, 4) is 0 Å². The van der Waals surface area contributed by atoms with E-state index in [9.17, 15) is 0 Å². The van der Waals surface area contributed by atoms with Gasteiger partial charge in [-0.05, 0) is 13.0 Å². The molecule has 0 spiro atoms. The molecule has 0 radical (unpaired) electrons. The fraction of sp³-hybridized carbons (Fsp3) is 1.00. The van der Waals surface area contributed by atoms with E-state index in [1.54, 1.807) is 0 Å². The second-order valence-corrected chi connectivity index (χ2v) is 15.9. The molecule has 0 heterocycles. The van der Waals surface area contributed by atoms with E-state index in [-0.39, 0.29) is 6.61 Å². The molecule has 2 N–H and O–H groups in total. The Morgan fingerprint density at radius 3 is 0.588 bits per heavy atom. The molecule has 18 nitrogen and oxygen atoms in total. The molecule has 0 unspecified atom stereocenters. The van der Waals surface area contributed by atoms with E-state index in [0.717, 1.165) is 19.7 Å². The molecule has 0 atom stereocenters. The van der Waals surface area contributed by atoms with E-state index in [0.29, 0.717) is 205 Å². The highest BCUT2D eigenvalue weighted by molar-refractivity contribution is 4.52. The average Bonchev–Trinajstić information content (AvgIpc) is 3.35. The number of unbranched alkanes of at least 4 members (excludes halogenated alkanes) is 13. The number of hydrogen-bond acceptors (Lipinski definition) is 18. The smallest absolute Gasteiger partial charge is 0.0701 e. The molecule has 0 aromatic carbocycles. The first-order valence-corrected chi connectivity index (χ1v) is 26.5. The average molecular weight is 990 g/mol. The first-order chi connectivity index (χ1) is 33.9. The Labute approximate surface area is 413 Å². The first kappa shape index (κ1) is 67.3. The van der Waals surface area contributed by atoms with E-state index in [4.69, 9.17) is 80.9 Å². The van der Waals surface area contributed by atoms with Gasteiger partial charge in [0.15, 0.2) is 0 Å². The van der Waals surface area contributed by atoms with Crippen LogP contribution in [0.5, 0.6) is 0 Å². The summed E-state index contributed by atoms with van der Waals surface area (Å²) in [7, 11) is 0. The lowest BCUT2D eigenvalue weighted by molar-refractivity contribution is -0.0305. The number of nitrogens with one attached hydrogen (secondary N) is 1. The van der Waals surface area contributed by atoms with E-state index < -0.39 is 0 Å². The third-order valence-corrected chi connectivity index (χ3v) is 9.95. The van der Waals surface area contributed by atoms with Crippen LogP contribution >= 0.6 is 0 Å². The highest BCUT2D eigenvalue weighted by Gasteiger charge is 1.99. The van der Waals surface area contributed by atoms with Gasteiger partial charge in [-0.25, -0.2) is 0 Å². The second-order valence-electron chi connectivity index (χ2n) is 15.9. The predicted octanol–water partition coefficient (Wildman–Crippen LogP) is 5.32. The van der Waals surface area contributed by atoms with E-state index >= 15 is 0 Å². The van der Waals surface area contributed by atoms with Crippen LogP contribution in [0.2, 0.25) is 0 Å². The van der Waals surface area contributed by atoms with Crippen LogP contribution < -0.4 is 5.32 Å². The summed E-state index contributed by atoms with van der Waals surface area (Å²) in [4.78, 5) is 0. The molecule has 0 bridgehead atoms. The van der Waals surface area contributed by atoms with Crippen molar-refractivity contribution in [3.05, 3.63) is 0 Å². The molecule has 0 aliphatic heterocycles. The maximum Gasteiger partial charge on any atom is 0.0701 e. The fourth-order valence-corrected chi connectivity index (χ4v) is 6.18. The minimum absolute atomic E-state index is 0.0224. The lowest BCUT2D eigenvalue weighted by Crippen LogP contribution is -2.22. The van der Waals surface area contributed by atoms with Crippen molar-refractivity contribution in [1.29, 1.82) is 0 Å². The minimum atomic E-state index is 0.0224. The van der Waals surface area contributed by atoms with Gasteiger partial charge in [0.05, 0.1) is 218 Å². The fourth-order valence-electron chi connectivity index (χ4n) is 6.18. The molecule has 410 valence electrons. The molecule has 68 heavy (non-hydrogen) atoms. The van der Waals surface area contributed by atoms with Crippen molar-refractivity contribution in [2.75, 3.05) is 231 Å². The Bertz CT molecular complexity index is 794. The van der Waals surface area contributed by atoms with E-state index in [2.05, 4.69) is 12.2 Å². The molecule has 0 aliphatic carbocycles. The standard InChI is InChI=1S/C50H103NO17/c1-2-3-4-5-6-7-8-9-10-11-12-13-14-15-16-51-17-19-53-21-23-55-25-27-57-29-31-59-33-35-61-37-39-63-41-43-65-45-47-67-49-50-68-48-46-66-44-42-64-40-38-62-36-34-60-32-30-58-28-26-56-24-22-54-20-18-52/h51-52H,2-50H2,1H3. The van der Waals surface area contributed by atoms with Gasteiger partial charge in [-0.3, -0.25) is 0 Å². The predicted molar refractivity (Wildman–Crippen MR) is 263 cm³/mol. The van der Waals surface area contributed by atoms with Crippen LogP contribution in [-0.2, 0) is 75.8 Å². The van der Waals surface area contributed by atoms with Gasteiger partial charge < -0.3 is 86.2 Å². The zero-order chi connectivity index (χ0) is 48.7. The molecule has 0 amide bonds. The van der Waals surface area contributed by atoms with Gasteiger partial charge in [0.2, 0.25) is 0 Å². The van der Waals surface area contributed by atoms with Crippen molar-refractivity contribution >= 4 is 0 Å². The normalized spacial score (nSPS) is 11.7. The number of rotatable bonds is 65. The van der Waals surface area contributed by atoms with Gasteiger partial charge in [-0.15, -0.1) is 0 Å². The summed E-state index contributed by atoms with van der Waals surface area (Å²) in [6, 6.07) is 0. The lowest BCUT2D eigenvalue weighted by atomic mass is 10.0. The Morgan fingerprint density at radius 1 is 0.206 bits per heavy atom. The van der Waals surface area contributed by atoms with Crippen LogP contribution in [0.3, 0.4) is 0 Å². The number of aliphatic hydroxyl groups is 1.